The molecule has 1 saturated heterocycles. The lowest BCUT2D eigenvalue weighted by molar-refractivity contribution is -0.137. The van der Waals surface area contributed by atoms with Crippen molar-refractivity contribution in [2.45, 2.75) is 63.6 Å². The lowest BCUT2D eigenvalue weighted by Crippen LogP contribution is -2.41. The molecule has 3 aromatic rings. The van der Waals surface area contributed by atoms with Crippen LogP contribution >= 0.6 is 0 Å². The number of aliphatic hydroxyl groups excluding tert-OH is 1. The van der Waals surface area contributed by atoms with Crippen molar-refractivity contribution in [1.29, 1.82) is 0 Å². The number of halogens is 3. The first-order valence-corrected chi connectivity index (χ1v) is 13.4. The summed E-state index contributed by atoms with van der Waals surface area (Å²) in [4.78, 5) is 26.6. The minimum Gasteiger partial charge on any atom is -0.481 e. The third kappa shape index (κ3) is 6.11. The minimum atomic E-state index is -4.83. The van der Waals surface area contributed by atoms with Crippen molar-refractivity contribution in [3.05, 3.63) is 82.7 Å². The molecule has 5 rings (SSSR count). The van der Waals surface area contributed by atoms with Gasteiger partial charge in [0.1, 0.15) is 5.60 Å². The Morgan fingerprint density at radius 1 is 1.12 bits per heavy atom. The van der Waals surface area contributed by atoms with Gasteiger partial charge in [-0.3, -0.25) is 9.59 Å². The Morgan fingerprint density at radius 3 is 2.49 bits per heavy atom. The van der Waals surface area contributed by atoms with Crippen LogP contribution in [0.2, 0.25) is 0 Å². The molecule has 3 N–H and O–H groups in total. The van der Waals surface area contributed by atoms with E-state index in [1.165, 1.54) is 0 Å². The van der Waals surface area contributed by atoms with Crippen LogP contribution in [0.3, 0.4) is 0 Å². The Kier molecular flexibility index (Phi) is 7.60. The van der Waals surface area contributed by atoms with Crippen LogP contribution in [-0.4, -0.2) is 52.0 Å². The molecule has 1 amide bonds. The Morgan fingerprint density at radius 2 is 1.85 bits per heavy atom. The van der Waals surface area contributed by atoms with Crippen LogP contribution in [0.4, 0.5) is 24.5 Å². The Balaban J connectivity index is 1.46. The van der Waals surface area contributed by atoms with Crippen molar-refractivity contribution < 1.29 is 37.7 Å². The number of nitrogens with zero attached hydrogens (tertiary/aromatic N) is 2. The van der Waals surface area contributed by atoms with Gasteiger partial charge in [-0.05, 0) is 49.6 Å². The van der Waals surface area contributed by atoms with Crippen LogP contribution < -0.4 is 10.2 Å². The van der Waals surface area contributed by atoms with Crippen LogP contribution in [0, 0.1) is 0 Å². The molecular formula is C30H32F3N3O5. The Bertz CT molecular complexity index is 1450. The summed E-state index contributed by atoms with van der Waals surface area (Å²) < 4.78 is 51.0. The number of aromatic nitrogens is 1. The zero-order chi connectivity index (χ0) is 29.5. The molecule has 1 fully saturated rings. The number of β-amino-alcohol motifs (C(OH)–C–C–N with tert-alkyl or cyclic N) is 1. The van der Waals surface area contributed by atoms with Gasteiger partial charge in [0.2, 0.25) is 0 Å². The quantitative estimate of drug-likeness (QED) is 0.375. The number of carboxylic acids is 1. The number of nitrogens with one attached hydrogen (secondary N) is 1. The maximum absolute atomic E-state index is 14.2. The normalized spacial score (nSPS) is 20.1. The molecule has 3 heterocycles. The van der Waals surface area contributed by atoms with Gasteiger partial charge in [0.05, 0.1) is 41.1 Å². The fourth-order valence-electron chi connectivity index (χ4n) is 5.91. The third-order valence-electron chi connectivity index (χ3n) is 7.56. The number of fused-ring (bicyclic) bond motifs is 1. The molecule has 0 bridgehead atoms. The third-order valence-corrected chi connectivity index (χ3v) is 7.56. The molecule has 0 spiro atoms. The molecule has 0 saturated carbocycles. The first-order valence-electron chi connectivity index (χ1n) is 13.4. The van der Waals surface area contributed by atoms with Crippen molar-refractivity contribution in [2.75, 3.05) is 23.3 Å². The molecule has 0 aliphatic carbocycles. The highest BCUT2D eigenvalue weighted by Gasteiger charge is 2.40. The number of benzene rings is 2. The summed E-state index contributed by atoms with van der Waals surface area (Å²) in [5.74, 6) is -1.98. The maximum Gasteiger partial charge on any atom is 0.418 e. The van der Waals surface area contributed by atoms with Crippen LogP contribution in [-0.2, 0) is 40.7 Å². The summed E-state index contributed by atoms with van der Waals surface area (Å²) >= 11 is 0. The van der Waals surface area contributed by atoms with E-state index in [-0.39, 0.29) is 36.0 Å². The van der Waals surface area contributed by atoms with Crippen LogP contribution in [0.1, 0.15) is 53.0 Å². The molecule has 2 aliphatic rings. The van der Waals surface area contributed by atoms with E-state index in [0.717, 1.165) is 17.7 Å². The van der Waals surface area contributed by atoms with Gasteiger partial charge in [-0.1, -0.05) is 30.3 Å². The average molecular weight is 572 g/mol. The molecule has 1 aromatic heterocycles. The number of aliphatic carboxylic acids is 1. The second kappa shape index (κ2) is 10.9. The van der Waals surface area contributed by atoms with Gasteiger partial charge in [-0.15, -0.1) is 0 Å². The van der Waals surface area contributed by atoms with Gasteiger partial charge in [0.25, 0.3) is 5.91 Å². The zero-order valence-electron chi connectivity index (χ0n) is 22.7. The van der Waals surface area contributed by atoms with E-state index in [2.05, 4.69) is 5.32 Å². The molecule has 11 heteroatoms. The van der Waals surface area contributed by atoms with E-state index in [1.807, 2.05) is 48.7 Å². The second-order valence-electron chi connectivity index (χ2n) is 11.1. The van der Waals surface area contributed by atoms with Crippen molar-refractivity contribution >= 4 is 23.3 Å². The predicted octanol–water partition coefficient (Wildman–Crippen LogP) is 4.83. The molecule has 8 nitrogen and oxygen atoms in total. The standard InChI is InChI=1S/C30H32F3N3O5/c1-29(2)27-22(9-11-36(27)17-21(41-29)12-18-6-4-3-5-7-18)28(40)34-24-13-19(14-26(38)39)25(15-23(24)30(31,32)33)35-10-8-20(37)16-35/h3-7,9,11,13,15,20-21,37H,8,10,12,14,16-17H2,1-2H3,(H,34,40)(H,38,39)/t20-,21?/m1/s1. The summed E-state index contributed by atoms with van der Waals surface area (Å²) in [7, 11) is 0. The summed E-state index contributed by atoms with van der Waals surface area (Å²) in [5.41, 5.74) is -0.521. The van der Waals surface area contributed by atoms with Gasteiger partial charge >= 0.3 is 12.1 Å². The maximum atomic E-state index is 14.2. The summed E-state index contributed by atoms with van der Waals surface area (Å²) in [5, 5.41) is 21.8. The van der Waals surface area contributed by atoms with E-state index >= 15 is 0 Å². The average Bonchev–Trinajstić information content (AvgIpc) is 3.50. The molecule has 1 unspecified atom stereocenters. The SMILES string of the molecule is CC1(C)OC(Cc2ccccc2)Cn2ccc(C(=O)Nc3cc(CC(=O)O)c(N4CC[C@@H](O)C4)cc3C(F)(F)F)c21. The number of hydrogen-bond donors (Lipinski definition) is 3. The first kappa shape index (κ1) is 28.7. The summed E-state index contributed by atoms with van der Waals surface area (Å²) in [6.07, 6.45) is -3.52. The van der Waals surface area contributed by atoms with E-state index in [4.69, 9.17) is 4.74 Å². The van der Waals surface area contributed by atoms with Crippen LogP contribution in [0.5, 0.6) is 0 Å². The number of aliphatic hydroxyl groups is 1. The highest BCUT2D eigenvalue weighted by molar-refractivity contribution is 6.06. The molecule has 41 heavy (non-hydrogen) atoms. The fraction of sp³-hybridized carbons (Fsp3) is 0.400. The molecule has 2 aliphatic heterocycles. The van der Waals surface area contributed by atoms with Gasteiger partial charge in [-0.2, -0.15) is 13.2 Å². The van der Waals surface area contributed by atoms with Crippen molar-refractivity contribution in [3.8, 4) is 0 Å². The second-order valence-corrected chi connectivity index (χ2v) is 11.1. The number of alkyl halides is 3. The van der Waals surface area contributed by atoms with Crippen LogP contribution in [0.25, 0.3) is 0 Å². The molecule has 0 radical (unpaired) electrons. The smallest absolute Gasteiger partial charge is 0.418 e. The zero-order valence-corrected chi connectivity index (χ0v) is 22.7. The number of rotatable bonds is 7. The topological polar surface area (TPSA) is 104 Å². The monoisotopic (exact) mass is 571 g/mol. The van der Waals surface area contributed by atoms with Gasteiger partial charge < -0.3 is 29.7 Å². The molecule has 2 atom stereocenters. The predicted molar refractivity (Wildman–Crippen MR) is 146 cm³/mol. The van der Waals surface area contributed by atoms with Crippen molar-refractivity contribution in [3.63, 3.8) is 0 Å². The Hall–Kier alpha value is -3.83. The van der Waals surface area contributed by atoms with Crippen molar-refractivity contribution in [2.24, 2.45) is 0 Å². The number of amides is 1. The lowest BCUT2D eigenvalue weighted by atomic mass is 9.96. The number of carbonyl (C=O) groups is 2. The number of ether oxygens (including phenoxy) is 1. The minimum absolute atomic E-state index is 0.0783. The molecule has 2 aromatic carbocycles. The number of hydrogen-bond acceptors (Lipinski definition) is 5. The number of carbonyl (C=O) groups excluding carboxylic acids is 1. The number of carboxylic acid groups (broad SMARTS) is 1. The van der Waals surface area contributed by atoms with E-state index < -0.39 is 47.4 Å². The van der Waals surface area contributed by atoms with Crippen LogP contribution in [0.15, 0.2) is 54.7 Å². The van der Waals surface area contributed by atoms with E-state index in [0.29, 0.717) is 25.1 Å². The largest absolute Gasteiger partial charge is 0.481 e. The lowest BCUT2D eigenvalue weighted by Gasteiger charge is -2.38. The van der Waals surface area contributed by atoms with E-state index in [1.54, 1.807) is 17.2 Å². The van der Waals surface area contributed by atoms with Gasteiger partial charge in [-0.25, -0.2) is 0 Å². The first-order chi connectivity index (χ1) is 19.3. The molecule has 218 valence electrons. The van der Waals surface area contributed by atoms with Gasteiger partial charge in [0, 0.05) is 37.9 Å². The summed E-state index contributed by atoms with van der Waals surface area (Å²) in [6, 6.07) is 13.4. The highest BCUT2D eigenvalue weighted by atomic mass is 19.4. The summed E-state index contributed by atoms with van der Waals surface area (Å²) in [6.45, 7) is 4.48. The number of anilines is 2. The van der Waals surface area contributed by atoms with E-state index in [9.17, 15) is 33.0 Å². The van der Waals surface area contributed by atoms with Crippen molar-refractivity contribution in [1.82, 2.24) is 4.57 Å². The molecular weight excluding hydrogens is 539 g/mol. The highest BCUT2D eigenvalue weighted by Crippen LogP contribution is 2.41. The van der Waals surface area contributed by atoms with Gasteiger partial charge in [0.15, 0.2) is 0 Å². The fourth-order valence-corrected chi connectivity index (χ4v) is 5.91. The Labute approximate surface area is 235 Å².